The normalized spacial score (nSPS) is 10.2. The number of nitrogen functional groups attached to an aromatic ring is 1. The average Bonchev–Trinajstić information content (AvgIpc) is 2.80. The van der Waals surface area contributed by atoms with Gasteiger partial charge in [0, 0.05) is 12.4 Å². The summed E-state index contributed by atoms with van der Waals surface area (Å²) >= 11 is 1.51. The third kappa shape index (κ3) is 2.79. The Kier molecular flexibility index (Phi) is 3.34. The van der Waals surface area contributed by atoms with E-state index in [4.69, 9.17) is 5.73 Å². The number of pyridine rings is 1. The van der Waals surface area contributed by atoms with E-state index in [1.165, 1.54) is 11.3 Å². The molecule has 0 aliphatic rings. The molecule has 0 bridgehead atoms. The summed E-state index contributed by atoms with van der Waals surface area (Å²) in [6.45, 7) is 0.471. The van der Waals surface area contributed by atoms with E-state index in [9.17, 15) is 4.79 Å². The van der Waals surface area contributed by atoms with Crippen molar-refractivity contribution in [3.8, 4) is 0 Å². The number of anilines is 1. The maximum Gasteiger partial charge on any atom is 0.272 e. The Morgan fingerprint density at radius 1 is 1.53 bits per heavy atom. The molecule has 1 amide bonds. The fourth-order valence-electron chi connectivity index (χ4n) is 1.40. The highest BCUT2D eigenvalue weighted by Crippen LogP contribution is 2.08. The minimum atomic E-state index is -0.162. The first-order valence-electron chi connectivity index (χ1n) is 5.02. The lowest BCUT2D eigenvalue weighted by atomic mass is 10.3. The van der Waals surface area contributed by atoms with Gasteiger partial charge in [0.05, 0.1) is 17.7 Å². The summed E-state index contributed by atoms with van der Waals surface area (Å²) in [4.78, 5) is 21.7. The van der Waals surface area contributed by atoms with E-state index in [-0.39, 0.29) is 5.91 Å². The summed E-state index contributed by atoms with van der Waals surface area (Å²) in [5.74, 6) is 0.184. The number of rotatable bonds is 3. The molecule has 0 unspecified atom stereocenters. The SMILES string of the molecule is CN(Cc1cscn1)C(=O)c1cccc(N)n1. The molecule has 5 nitrogen and oxygen atoms in total. The predicted octanol–water partition coefficient (Wildman–Crippen LogP) is 1.39. The van der Waals surface area contributed by atoms with Crippen LogP contribution in [0.4, 0.5) is 5.82 Å². The summed E-state index contributed by atoms with van der Waals surface area (Å²) in [5.41, 5.74) is 8.50. The highest BCUT2D eigenvalue weighted by molar-refractivity contribution is 7.07. The van der Waals surface area contributed by atoms with Crippen LogP contribution in [0.2, 0.25) is 0 Å². The number of nitrogens with zero attached hydrogens (tertiary/aromatic N) is 3. The lowest BCUT2D eigenvalue weighted by molar-refractivity contribution is 0.0778. The van der Waals surface area contributed by atoms with Gasteiger partial charge in [-0.25, -0.2) is 9.97 Å². The van der Waals surface area contributed by atoms with Gasteiger partial charge in [0.2, 0.25) is 0 Å². The molecular weight excluding hydrogens is 236 g/mol. The second-order valence-electron chi connectivity index (χ2n) is 3.59. The smallest absolute Gasteiger partial charge is 0.272 e. The van der Waals surface area contributed by atoms with Gasteiger partial charge < -0.3 is 10.6 Å². The van der Waals surface area contributed by atoms with Crippen molar-refractivity contribution < 1.29 is 4.79 Å². The number of carbonyl (C=O) groups excluding carboxylic acids is 1. The number of nitrogens with two attached hydrogens (primary N) is 1. The van der Waals surface area contributed by atoms with Crippen LogP contribution < -0.4 is 5.73 Å². The van der Waals surface area contributed by atoms with Crippen molar-refractivity contribution in [2.24, 2.45) is 0 Å². The van der Waals surface area contributed by atoms with E-state index >= 15 is 0 Å². The summed E-state index contributed by atoms with van der Waals surface area (Å²) in [6.07, 6.45) is 0. The molecule has 2 N–H and O–H groups in total. The van der Waals surface area contributed by atoms with Crippen LogP contribution in [0.3, 0.4) is 0 Å². The summed E-state index contributed by atoms with van der Waals surface area (Å²) in [7, 11) is 1.71. The molecule has 0 atom stereocenters. The van der Waals surface area contributed by atoms with Crippen LogP contribution in [0.25, 0.3) is 0 Å². The number of hydrogen-bond acceptors (Lipinski definition) is 5. The van der Waals surface area contributed by atoms with E-state index in [1.807, 2.05) is 5.38 Å². The summed E-state index contributed by atoms with van der Waals surface area (Å²) in [6, 6.07) is 5.01. The molecule has 0 saturated carbocycles. The molecule has 0 saturated heterocycles. The zero-order valence-electron chi connectivity index (χ0n) is 9.33. The molecule has 0 fully saturated rings. The molecule has 17 heavy (non-hydrogen) atoms. The number of amides is 1. The zero-order chi connectivity index (χ0) is 12.3. The van der Waals surface area contributed by atoms with Gasteiger partial charge in [0.1, 0.15) is 11.5 Å². The molecule has 0 radical (unpaired) electrons. The molecule has 2 aromatic heterocycles. The maximum absolute atomic E-state index is 12.0. The van der Waals surface area contributed by atoms with E-state index in [0.29, 0.717) is 18.1 Å². The van der Waals surface area contributed by atoms with Crippen LogP contribution in [0, 0.1) is 0 Å². The number of thiazole rings is 1. The fraction of sp³-hybridized carbons (Fsp3) is 0.182. The van der Waals surface area contributed by atoms with Gasteiger partial charge >= 0.3 is 0 Å². The van der Waals surface area contributed by atoms with E-state index in [2.05, 4.69) is 9.97 Å². The minimum Gasteiger partial charge on any atom is -0.384 e. The Labute approximate surface area is 103 Å². The quantitative estimate of drug-likeness (QED) is 0.891. The Morgan fingerprint density at radius 2 is 2.35 bits per heavy atom. The van der Waals surface area contributed by atoms with Crippen molar-refractivity contribution in [3.63, 3.8) is 0 Å². The first-order valence-corrected chi connectivity index (χ1v) is 5.96. The van der Waals surface area contributed by atoms with Gasteiger partial charge in [-0.1, -0.05) is 6.07 Å². The van der Waals surface area contributed by atoms with Gasteiger partial charge in [0.15, 0.2) is 0 Å². The standard InChI is InChI=1S/C11H12N4OS/c1-15(5-8-6-17-7-13-8)11(16)9-3-2-4-10(12)14-9/h2-4,6-7H,5H2,1H3,(H2,12,14). The molecule has 0 spiro atoms. The van der Waals surface area contributed by atoms with E-state index in [1.54, 1.807) is 35.7 Å². The van der Waals surface area contributed by atoms with Crippen LogP contribution in [0.1, 0.15) is 16.2 Å². The maximum atomic E-state index is 12.0. The zero-order valence-corrected chi connectivity index (χ0v) is 10.1. The molecular formula is C11H12N4OS. The van der Waals surface area contributed by atoms with Crippen molar-refractivity contribution in [3.05, 3.63) is 40.5 Å². The highest BCUT2D eigenvalue weighted by atomic mass is 32.1. The first-order chi connectivity index (χ1) is 8.16. The summed E-state index contributed by atoms with van der Waals surface area (Å²) < 4.78 is 0. The second kappa shape index (κ2) is 4.92. The van der Waals surface area contributed by atoms with Gasteiger partial charge in [0.25, 0.3) is 5.91 Å². The molecule has 0 aromatic carbocycles. The van der Waals surface area contributed by atoms with Gasteiger partial charge in [-0.05, 0) is 12.1 Å². The lowest BCUT2D eigenvalue weighted by Crippen LogP contribution is -2.27. The van der Waals surface area contributed by atoms with Crippen LogP contribution in [0.15, 0.2) is 29.1 Å². The van der Waals surface area contributed by atoms with Crippen molar-refractivity contribution >= 4 is 23.1 Å². The fourth-order valence-corrected chi connectivity index (χ4v) is 1.95. The van der Waals surface area contributed by atoms with Crippen LogP contribution in [-0.4, -0.2) is 27.8 Å². The number of hydrogen-bond donors (Lipinski definition) is 1. The molecule has 6 heteroatoms. The minimum absolute atomic E-state index is 0.162. The lowest BCUT2D eigenvalue weighted by Gasteiger charge is -2.15. The third-order valence-corrected chi connectivity index (χ3v) is 2.85. The van der Waals surface area contributed by atoms with Gasteiger partial charge in [-0.2, -0.15) is 0 Å². The van der Waals surface area contributed by atoms with Crippen molar-refractivity contribution in [1.82, 2.24) is 14.9 Å². The van der Waals surface area contributed by atoms with E-state index < -0.39 is 0 Å². The van der Waals surface area contributed by atoms with Crippen LogP contribution in [0.5, 0.6) is 0 Å². The molecule has 2 aromatic rings. The third-order valence-electron chi connectivity index (χ3n) is 2.22. The van der Waals surface area contributed by atoms with Crippen molar-refractivity contribution in [2.45, 2.75) is 6.54 Å². The number of carbonyl (C=O) groups is 1. The molecule has 88 valence electrons. The van der Waals surface area contributed by atoms with Crippen LogP contribution >= 0.6 is 11.3 Å². The monoisotopic (exact) mass is 248 g/mol. The highest BCUT2D eigenvalue weighted by Gasteiger charge is 2.14. The Balaban J connectivity index is 2.09. The predicted molar refractivity (Wildman–Crippen MR) is 66.6 cm³/mol. The molecule has 0 aliphatic carbocycles. The van der Waals surface area contributed by atoms with E-state index in [0.717, 1.165) is 5.69 Å². The average molecular weight is 248 g/mol. The first kappa shape index (κ1) is 11.5. The second-order valence-corrected chi connectivity index (χ2v) is 4.31. The van der Waals surface area contributed by atoms with Gasteiger partial charge in [-0.15, -0.1) is 11.3 Å². The summed E-state index contributed by atoms with van der Waals surface area (Å²) in [5, 5.41) is 1.91. The Hall–Kier alpha value is -1.95. The van der Waals surface area contributed by atoms with Crippen LogP contribution in [-0.2, 0) is 6.54 Å². The van der Waals surface area contributed by atoms with Gasteiger partial charge in [-0.3, -0.25) is 4.79 Å². The topological polar surface area (TPSA) is 72.1 Å². The molecule has 2 rings (SSSR count). The van der Waals surface area contributed by atoms with Crippen molar-refractivity contribution in [2.75, 3.05) is 12.8 Å². The van der Waals surface area contributed by atoms with Crippen molar-refractivity contribution in [1.29, 1.82) is 0 Å². The molecule has 2 heterocycles. The Bertz CT molecular complexity index is 512. The number of aromatic nitrogens is 2. The Morgan fingerprint density at radius 3 is 3.00 bits per heavy atom. The molecule has 0 aliphatic heterocycles. The largest absolute Gasteiger partial charge is 0.384 e.